The van der Waals surface area contributed by atoms with Crippen molar-refractivity contribution in [2.45, 2.75) is 215 Å². The predicted molar refractivity (Wildman–Crippen MR) is 455 cm³/mol. The van der Waals surface area contributed by atoms with E-state index < -0.39 is 15.6 Å². The second-order valence-electron chi connectivity index (χ2n) is 38.0. The van der Waals surface area contributed by atoms with Gasteiger partial charge in [-0.15, -0.1) is 11.2 Å². The monoisotopic (exact) mass is 1560 g/mol. The number of aromatic amines is 1. The summed E-state index contributed by atoms with van der Waals surface area (Å²) in [5.41, 5.74) is 22.9. The van der Waals surface area contributed by atoms with E-state index in [0.29, 0.717) is 44.9 Å². The summed E-state index contributed by atoms with van der Waals surface area (Å²) in [5, 5.41) is 0. The van der Waals surface area contributed by atoms with E-state index in [1.165, 1.54) is 44.5 Å². The third kappa shape index (κ3) is 17.3. The molecule has 0 aliphatic heterocycles. The molecule has 15 heteroatoms. The zero-order chi connectivity index (χ0) is 81.1. The average molecular weight is 1560 g/mol. The van der Waals surface area contributed by atoms with Crippen LogP contribution < -0.4 is 29.9 Å². The van der Waals surface area contributed by atoms with Crippen molar-refractivity contribution in [1.82, 2.24) is 34.9 Å². The molecule has 1 N–H and O–H groups in total. The molecule has 0 atom stereocenters. The topological polar surface area (TPSA) is 158 Å². The number of halogens is 3. The van der Waals surface area contributed by atoms with E-state index in [-0.39, 0.29) is 60.4 Å². The molecule has 5 aromatic heterocycles. The molecule has 0 saturated heterocycles. The molecule has 0 unspecified atom stereocenters. The smallest absolute Gasteiger partial charge is 0.485 e. The number of fused-ring (bicyclic) bond motifs is 9. The second kappa shape index (κ2) is 29.8. The summed E-state index contributed by atoms with van der Waals surface area (Å²) in [5.74, 6) is 0. The number of alkyl halides is 3. The summed E-state index contributed by atoms with van der Waals surface area (Å²) in [6.07, 6.45) is 0. The Labute approximate surface area is 671 Å². The first-order valence-corrected chi connectivity index (χ1v) is 39.7. The van der Waals surface area contributed by atoms with Gasteiger partial charge >= 0.3 is 5.51 Å². The predicted octanol–water partition coefficient (Wildman–Crippen LogP) is 25.4. The van der Waals surface area contributed by atoms with Crippen LogP contribution in [0.15, 0.2) is 194 Å². The minimum atomic E-state index is -6.09. The van der Waals surface area contributed by atoms with Gasteiger partial charge in [-0.1, -0.05) is 372 Å². The number of hydrogen-bond donors (Lipinski definition) is 1. The maximum atomic E-state index is 10.7. The van der Waals surface area contributed by atoms with Crippen LogP contribution in [0.4, 0.5) is 13.2 Å². The molecule has 8 bridgehead atoms. The van der Waals surface area contributed by atoms with E-state index in [2.05, 4.69) is 365 Å². The molecule has 587 valence electrons. The minimum absolute atomic E-state index is 0. The molecule has 13 rings (SSSR count). The van der Waals surface area contributed by atoms with E-state index in [9.17, 15) is 13.2 Å². The molecule has 0 amide bonds. The van der Waals surface area contributed by atoms with Gasteiger partial charge in [-0.25, -0.2) is 8.42 Å². The van der Waals surface area contributed by atoms with Crippen LogP contribution in [0.5, 0.6) is 0 Å². The summed E-state index contributed by atoms with van der Waals surface area (Å²) in [7, 11) is -6.09. The van der Waals surface area contributed by atoms with Crippen molar-refractivity contribution in [3.05, 3.63) is 239 Å². The molecule has 0 spiro atoms. The Morgan fingerprint density at radius 2 is 0.393 bits per heavy atom. The summed E-state index contributed by atoms with van der Waals surface area (Å²) >= 11 is 0. The Hall–Kier alpha value is -9.50. The molecule has 0 fully saturated rings. The number of nitrogens with zero attached hydrogens (tertiary/aromatic N) is 6. The molecule has 8 aromatic carbocycles. The van der Waals surface area contributed by atoms with Gasteiger partial charge in [0.25, 0.3) is 0 Å². The van der Waals surface area contributed by atoms with E-state index in [1.807, 2.05) is 0 Å². The van der Waals surface area contributed by atoms with Crippen LogP contribution in [-0.4, -0.2) is 23.5 Å². The Balaban J connectivity index is 0.00000131. The molecular formula is C97H105F3MnN7O3S-7. The maximum absolute atomic E-state index is 10.7. The molecule has 1 radical (unpaired) electrons. The van der Waals surface area contributed by atoms with Gasteiger partial charge in [0.15, 0.2) is 10.1 Å². The number of nitrogens with one attached hydrogen (secondary N) is 1. The average Bonchev–Trinajstić information content (AvgIpc) is 1.57. The molecule has 0 saturated carbocycles. The van der Waals surface area contributed by atoms with Crippen molar-refractivity contribution >= 4 is 55.0 Å². The van der Waals surface area contributed by atoms with Gasteiger partial charge in [0, 0.05) is 17.1 Å². The fraction of sp³-hybridized carbons (Fsp3) is 0.340. The Kier molecular flexibility index (Phi) is 22.2. The molecule has 112 heavy (non-hydrogen) atoms. The van der Waals surface area contributed by atoms with Crippen LogP contribution in [0.3, 0.4) is 0 Å². The van der Waals surface area contributed by atoms with Crippen LogP contribution in [0.2, 0.25) is 0 Å². The number of H-pyrrole nitrogens is 1. The van der Waals surface area contributed by atoms with Gasteiger partial charge < -0.3 is 39.4 Å². The molecular weight excluding hydrogens is 1460 g/mol. The SMILES string of the molecule is CC(C)(C)c1ccc(-c2c(-c3ccc(C(C)(C)C)cc3)c3[n-]c2[n-]c2[n-]c([nH]c4[n-]c(c(-c5ccc(C(C)(C)C)cc5)c4-c4ccc(C(C)(C)C)cc4)c4[n-]c([n-]3)c(-c3ccc(C(C)(C)C)cc3)c4-c3ccc(C(C)(C)C)cc3)c(-c3ccc(C(C)(C)C)cc3)c2-c2ccc(C(C)(C)C)cc2)cc1.O=S(=O)([O-])C(F)(F)F.[Mn]. The molecule has 10 nitrogen and oxygen atoms in total. The van der Waals surface area contributed by atoms with E-state index >= 15 is 0 Å². The first kappa shape index (κ1) is 83.4. The van der Waals surface area contributed by atoms with Crippen molar-refractivity contribution < 1.29 is 43.2 Å². The van der Waals surface area contributed by atoms with Crippen LogP contribution in [0.1, 0.15) is 211 Å². The summed E-state index contributed by atoms with van der Waals surface area (Å²) < 4.78 is 58.9. The van der Waals surface area contributed by atoms with Crippen LogP contribution in [-0.2, 0) is 70.5 Å². The van der Waals surface area contributed by atoms with E-state index in [0.717, 1.165) is 89.0 Å². The summed E-state index contributed by atoms with van der Waals surface area (Å²) in [6.45, 7) is 54.5. The van der Waals surface area contributed by atoms with E-state index in [1.54, 1.807) is 0 Å². The van der Waals surface area contributed by atoms with Gasteiger partial charge in [-0.2, -0.15) is 18.8 Å². The number of hydrogen-bond acceptors (Lipinski definition) is 3. The first-order valence-electron chi connectivity index (χ1n) is 38.3. The van der Waals surface area contributed by atoms with Gasteiger partial charge in [0.1, 0.15) is 0 Å². The van der Waals surface area contributed by atoms with Crippen molar-refractivity contribution in [3.8, 4) is 89.0 Å². The first-order chi connectivity index (χ1) is 51.3. The molecule has 0 aliphatic rings. The minimum Gasteiger partial charge on any atom is -0.741 e. The van der Waals surface area contributed by atoms with E-state index in [4.69, 9.17) is 42.9 Å². The number of rotatable bonds is 8. The van der Waals surface area contributed by atoms with Crippen molar-refractivity contribution in [3.63, 3.8) is 0 Å². The zero-order valence-electron chi connectivity index (χ0n) is 69.3. The standard InChI is InChI=1S/C96H105N7.CHF3O3S.Mn/c1-89(2,3)65-41-25-57(26-42-65)73-75(59-29-45-67(46-30-59)91(7,8)9)83-97-81(73)82-74(58-27-43-66(44-28-58)90(4,5)6)76(60-31-47-68(48-32-60)92(10,11)12)84(98-82)100-86-78(62-35-51-70(52-36-62)94(16,17)18)80(64-39-55-72(56-40-64)96(22,23)24)88(102-86)103-87-79(63-37-53-71(54-38-63)95(19,20)21)77(85(99-83)101-87)61-33-49-69(50-34-61)93(13,14)15;2-1(3,4)8(5,6)7;/h25-56,99H,1-24H3;(H,5,6,7);/q-6;;/p-1. The summed E-state index contributed by atoms with van der Waals surface area (Å²) in [6, 6.07) is 72.6. The van der Waals surface area contributed by atoms with Crippen LogP contribution in [0, 0.1) is 0 Å². The number of benzene rings is 8. The largest absolute Gasteiger partial charge is 0.741 e. The zero-order valence-corrected chi connectivity index (χ0v) is 71.3. The van der Waals surface area contributed by atoms with Crippen molar-refractivity contribution in [2.24, 2.45) is 0 Å². The fourth-order valence-electron chi connectivity index (χ4n) is 14.3. The molecule has 13 aromatic rings. The van der Waals surface area contributed by atoms with Crippen molar-refractivity contribution in [2.75, 3.05) is 0 Å². The Morgan fingerprint density at radius 1 is 0.241 bits per heavy atom. The normalized spacial score (nSPS) is 13.0. The third-order valence-electron chi connectivity index (χ3n) is 21.2. The molecule has 0 aliphatic carbocycles. The Bertz CT molecular complexity index is 5480. The summed E-state index contributed by atoms with van der Waals surface area (Å²) in [4.78, 5) is 40.2. The quantitative estimate of drug-likeness (QED) is 0.0888. The maximum Gasteiger partial charge on any atom is 0.485 e. The van der Waals surface area contributed by atoms with Crippen LogP contribution in [0.25, 0.3) is 134 Å². The van der Waals surface area contributed by atoms with Gasteiger partial charge in [-0.05, 0) is 182 Å². The number of aromatic nitrogens is 7. The van der Waals surface area contributed by atoms with Gasteiger partial charge in [0.2, 0.25) is 0 Å². The Morgan fingerprint density at radius 3 is 0.616 bits per heavy atom. The second-order valence-corrected chi connectivity index (χ2v) is 39.4. The fourth-order valence-corrected chi connectivity index (χ4v) is 14.3. The van der Waals surface area contributed by atoms with Gasteiger partial charge in [-0.3, -0.25) is 11.3 Å². The third-order valence-corrected chi connectivity index (χ3v) is 21.8. The van der Waals surface area contributed by atoms with Crippen molar-refractivity contribution in [1.29, 1.82) is 0 Å². The van der Waals surface area contributed by atoms with Crippen LogP contribution >= 0.6 is 0 Å². The molecule has 5 heterocycles. The van der Waals surface area contributed by atoms with Gasteiger partial charge in [0.05, 0.1) is 0 Å².